The Hall–Kier alpha value is -3.41. The summed E-state index contributed by atoms with van der Waals surface area (Å²) in [4.78, 5) is 12.4. The first-order valence-electron chi connectivity index (χ1n) is 9.34. The second kappa shape index (κ2) is 7.31. The molecule has 1 amide bonds. The summed E-state index contributed by atoms with van der Waals surface area (Å²) in [5, 5.41) is 14.1. The van der Waals surface area contributed by atoms with Gasteiger partial charge in [-0.1, -0.05) is 36.4 Å². The van der Waals surface area contributed by atoms with Gasteiger partial charge in [-0.25, -0.2) is 4.68 Å². The molecule has 0 spiro atoms. The molecule has 4 aromatic rings. The molecule has 1 atom stereocenters. The minimum absolute atomic E-state index is 0.0760. The molecule has 0 aliphatic rings. The number of carbonyl (C=O) groups excluding carboxylic acids is 1. The number of aromatic nitrogens is 4. The smallest absolute Gasteiger partial charge is 0.242 e. The molecule has 0 saturated carbocycles. The van der Waals surface area contributed by atoms with Crippen LogP contribution >= 0.6 is 0 Å². The number of rotatable bonds is 5. The highest BCUT2D eigenvalue weighted by atomic mass is 16.2. The lowest BCUT2D eigenvalue weighted by Gasteiger charge is -2.15. The first-order valence-corrected chi connectivity index (χ1v) is 9.34. The molecule has 0 fully saturated rings. The third kappa shape index (κ3) is 3.41. The van der Waals surface area contributed by atoms with Crippen molar-refractivity contribution in [3.05, 3.63) is 77.9 Å². The first kappa shape index (κ1) is 18.0. The maximum Gasteiger partial charge on any atom is 0.242 e. The van der Waals surface area contributed by atoms with Crippen molar-refractivity contribution < 1.29 is 4.79 Å². The fourth-order valence-corrected chi connectivity index (χ4v) is 3.55. The fraction of sp³-hybridized carbons (Fsp3) is 0.227. The van der Waals surface area contributed by atoms with Gasteiger partial charge in [0.2, 0.25) is 5.91 Å². The zero-order valence-corrected chi connectivity index (χ0v) is 16.3. The highest BCUT2D eigenvalue weighted by Gasteiger charge is 2.17. The number of aryl methyl sites for hydroxylation is 1. The van der Waals surface area contributed by atoms with Crippen LogP contribution in [0.5, 0.6) is 0 Å². The molecule has 0 aliphatic carbocycles. The predicted octanol–water partition coefficient (Wildman–Crippen LogP) is 3.72. The zero-order chi connectivity index (χ0) is 19.7. The molecule has 0 bridgehead atoms. The van der Waals surface area contributed by atoms with E-state index in [1.54, 1.807) is 10.9 Å². The molecule has 142 valence electrons. The monoisotopic (exact) mass is 373 g/mol. The molecule has 2 aromatic heterocycles. The molecule has 0 saturated heterocycles. The third-order valence-corrected chi connectivity index (χ3v) is 4.95. The molecule has 2 heterocycles. The lowest BCUT2D eigenvalue weighted by molar-refractivity contribution is -0.122. The Balaban J connectivity index is 1.56. The summed E-state index contributed by atoms with van der Waals surface area (Å²) in [7, 11) is 0. The Bertz CT molecular complexity index is 1140. The average molecular weight is 373 g/mol. The van der Waals surface area contributed by atoms with E-state index in [9.17, 15) is 4.79 Å². The van der Waals surface area contributed by atoms with Crippen molar-refractivity contribution in [3.63, 3.8) is 0 Å². The standard InChI is InChI=1S/C22H23N5O/c1-15-11-23-26(13-15)14-22(28)25-16(2)20-12-24-27(17(20)3)21-10-6-8-18-7-4-5-9-19(18)21/h4-13,16H,14H2,1-3H3,(H,25,28)/t16-/m1/s1. The Kier molecular flexibility index (Phi) is 4.69. The largest absolute Gasteiger partial charge is 0.348 e. The lowest BCUT2D eigenvalue weighted by atomic mass is 10.1. The van der Waals surface area contributed by atoms with E-state index in [0.29, 0.717) is 0 Å². The van der Waals surface area contributed by atoms with Crippen LogP contribution in [-0.2, 0) is 11.3 Å². The van der Waals surface area contributed by atoms with Crippen molar-refractivity contribution in [2.45, 2.75) is 33.4 Å². The normalized spacial score (nSPS) is 12.2. The van der Waals surface area contributed by atoms with Crippen molar-refractivity contribution >= 4 is 16.7 Å². The summed E-state index contributed by atoms with van der Waals surface area (Å²) in [5.41, 5.74) is 4.08. The summed E-state index contributed by atoms with van der Waals surface area (Å²) in [6.07, 6.45) is 5.43. The quantitative estimate of drug-likeness (QED) is 0.580. The van der Waals surface area contributed by atoms with Crippen LogP contribution in [0.15, 0.2) is 61.1 Å². The SMILES string of the molecule is Cc1cnn(CC(=O)N[C@H](C)c2cnn(-c3cccc4ccccc34)c2C)c1. The van der Waals surface area contributed by atoms with Crippen molar-refractivity contribution in [2.24, 2.45) is 0 Å². The van der Waals surface area contributed by atoms with E-state index in [-0.39, 0.29) is 18.5 Å². The molecule has 1 N–H and O–H groups in total. The van der Waals surface area contributed by atoms with Gasteiger partial charge < -0.3 is 5.32 Å². The van der Waals surface area contributed by atoms with Gasteiger partial charge >= 0.3 is 0 Å². The number of nitrogens with one attached hydrogen (secondary N) is 1. The molecule has 0 aliphatic heterocycles. The maximum absolute atomic E-state index is 12.4. The van der Waals surface area contributed by atoms with Crippen LogP contribution in [0.3, 0.4) is 0 Å². The van der Waals surface area contributed by atoms with Gasteiger partial charge in [0.15, 0.2) is 0 Å². The van der Waals surface area contributed by atoms with Gasteiger partial charge in [0.25, 0.3) is 0 Å². The molecule has 0 unspecified atom stereocenters. The van der Waals surface area contributed by atoms with E-state index in [2.05, 4.69) is 39.8 Å². The van der Waals surface area contributed by atoms with Crippen molar-refractivity contribution in [1.82, 2.24) is 24.9 Å². The second-order valence-electron chi connectivity index (χ2n) is 7.10. The Morgan fingerprint density at radius 1 is 1.07 bits per heavy atom. The van der Waals surface area contributed by atoms with E-state index in [1.807, 2.05) is 56.0 Å². The van der Waals surface area contributed by atoms with Crippen molar-refractivity contribution in [2.75, 3.05) is 0 Å². The number of hydrogen-bond donors (Lipinski definition) is 1. The van der Waals surface area contributed by atoms with Crippen LogP contribution in [0.25, 0.3) is 16.5 Å². The molecule has 6 nitrogen and oxygen atoms in total. The topological polar surface area (TPSA) is 64.7 Å². The fourth-order valence-electron chi connectivity index (χ4n) is 3.55. The molecular formula is C22H23N5O. The van der Waals surface area contributed by atoms with Crippen molar-refractivity contribution in [1.29, 1.82) is 0 Å². The van der Waals surface area contributed by atoms with Crippen LogP contribution in [0.2, 0.25) is 0 Å². The number of benzene rings is 2. The molecule has 2 aromatic carbocycles. The molecular weight excluding hydrogens is 350 g/mol. The first-order chi connectivity index (χ1) is 13.5. The van der Waals surface area contributed by atoms with E-state index < -0.39 is 0 Å². The van der Waals surface area contributed by atoms with Crippen LogP contribution in [0.4, 0.5) is 0 Å². The van der Waals surface area contributed by atoms with Crippen LogP contribution in [0, 0.1) is 13.8 Å². The van der Waals surface area contributed by atoms with E-state index in [0.717, 1.165) is 27.9 Å². The van der Waals surface area contributed by atoms with Gasteiger partial charge in [-0.3, -0.25) is 9.48 Å². The third-order valence-electron chi connectivity index (χ3n) is 4.95. The van der Waals surface area contributed by atoms with Crippen LogP contribution in [-0.4, -0.2) is 25.5 Å². The van der Waals surface area contributed by atoms with Crippen molar-refractivity contribution in [3.8, 4) is 5.69 Å². The van der Waals surface area contributed by atoms with Gasteiger partial charge in [0.05, 0.1) is 24.1 Å². The van der Waals surface area contributed by atoms with Crippen LogP contribution in [0.1, 0.15) is 29.8 Å². The van der Waals surface area contributed by atoms with Gasteiger partial charge in [-0.05, 0) is 37.8 Å². The molecule has 28 heavy (non-hydrogen) atoms. The van der Waals surface area contributed by atoms with Gasteiger partial charge in [-0.15, -0.1) is 0 Å². The summed E-state index contributed by atoms with van der Waals surface area (Å²) >= 11 is 0. The highest BCUT2D eigenvalue weighted by Crippen LogP contribution is 2.25. The maximum atomic E-state index is 12.4. The summed E-state index contributed by atoms with van der Waals surface area (Å²) < 4.78 is 3.58. The minimum atomic E-state index is -0.145. The number of hydrogen-bond acceptors (Lipinski definition) is 3. The number of carbonyl (C=O) groups is 1. The number of fused-ring (bicyclic) bond motifs is 1. The average Bonchev–Trinajstić information content (AvgIpc) is 3.26. The molecule has 4 rings (SSSR count). The van der Waals surface area contributed by atoms with Gasteiger partial charge in [-0.2, -0.15) is 10.2 Å². The highest BCUT2D eigenvalue weighted by molar-refractivity contribution is 5.90. The second-order valence-corrected chi connectivity index (χ2v) is 7.10. The summed E-state index contributed by atoms with van der Waals surface area (Å²) in [6.45, 7) is 6.16. The number of nitrogens with zero attached hydrogens (tertiary/aromatic N) is 4. The number of amides is 1. The molecule has 6 heteroatoms. The van der Waals surface area contributed by atoms with E-state index in [1.165, 1.54) is 5.39 Å². The Morgan fingerprint density at radius 2 is 1.86 bits per heavy atom. The van der Waals surface area contributed by atoms with E-state index >= 15 is 0 Å². The minimum Gasteiger partial charge on any atom is -0.348 e. The molecule has 0 radical (unpaired) electrons. The summed E-state index contributed by atoms with van der Waals surface area (Å²) in [5.74, 6) is -0.0760. The van der Waals surface area contributed by atoms with Gasteiger partial charge in [0.1, 0.15) is 6.54 Å². The summed E-state index contributed by atoms with van der Waals surface area (Å²) in [6, 6.07) is 14.3. The van der Waals surface area contributed by atoms with Gasteiger partial charge in [0, 0.05) is 22.8 Å². The van der Waals surface area contributed by atoms with E-state index in [4.69, 9.17) is 0 Å². The zero-order valence-electron chi connectivity index (χ0n) is 16.3. The Labute approximate surface area is 163 Å². The lowest BCUT2D eigenvalue weighted by Crippen LogP contribution is -2.30. The van der Waals surface area contributed by atoms with Crippen LogP contribution < -0.4 is 5.32 Å². The Morgan fingerprint density at radius 3 is 2.64 bits per heavy atom. The predicted molar refractivity (Wildman–Crippen MR) is 109 cm³/mol.